The molecule has 0 bridgehead atoms. The van der Waals surface area contributed by atoms with Crippen LogP contribution < -0.4 is 5.32 Å². The summed E-state index contributed by atoms with van der Waals surface area (Å²) in [7, 11) is 7.20. The van der Waals surface area contributed by atoms with E-state index in [1.165, 1.54) is 0 Å². The fourth-order valence-electron chi connectivity index (χ4n) is 7.47. The number of amides is 1. The second-order valence-corrected chi connectivity index (χ2v) is 14.6. The topological polar surface area (TPSA) is 130 Å². The van der Waals surface area contributed by atoms with Crippen LogP contribution in [0.1, 0.15) is 68.7 Å². The first-order chi connectivity index (χ1) is 21.0. The zero-order valence-electron chi connectivity index (χ0n) is 29.5. The zero-order chi connectivity index (χ0) is 33.9. The summed E-state index contributed by atoms with van der Waals surface area (Å²) in [5.74, 6) is -1.42. The van der Waals surface area contributed by atoms with Crippen LogP contribution in [0, 0.1) is 23.2 Å². The number of carbonyl (C=O) groups excluding carboxylic acids is 3. The Morgan fingerprint density at radius 1 is 1.13 bits per heavy atom. The lowest BCUT2D eigenvalue weighted by molar-refractivity contribution is -0.295. The van der Waals surface area contributed by atoms with Crippen molar-refractivity contribution in [2.75, 3.05) is 67.6 Å². The van der Waals surface area contributed by atoms with Crippen molar-refractivity contribution in [2.24, 2.45) is 23.2 Å². The number of aliphatic hydroxyl groups excluding tert-OH is 1. The number of ether oxygens (including phenoxy) is 4. The van der Waals surface area contributed by atoms with Gasteiger partial charge in [-0.3, -0.25) is 19.3 Å². The molecule has 0 unspecified atom stereocenters. The van der Waals surface area contributed by atoms with Crippen molar-refractivity contribution in [1.82, 2.24) is 20.0 Å². The number of methoxy groups -OCH3 is 1. The van der Waals surface area contributed by atoms with E-state index in [2.05, 4.69) is 24.1 Å². The summed E-state index contributed by atoms with van der Waals surface area (Å²) in [4.78, 5) is 46.4. The van der Waals surface area contributed by atoms with E-state index < -0.39 is 41.4 Å². The third kappa shape index (κ3) is 8.86. The zero-order valence-corrected chi connectivity index (χ0v) is 29.5. The van der Waals surface area contributed by atoms with Gasteiger partial charge in [0.25, 0.3) is 0 Å². The quantitative estimate of drug-likeness (QED) is 0.294. The lowest BCUT2D eigenvalue weighted by atomic mass is 9.74. The van der Waals surface area contributed by atoms with Gasteiger partial charge < -0.3 is 39.2 Å². The largest absolute Gasteiger partial charge is 0.463 e. The average Bonchev–Trinajstić information content (AvgIpc) is 2.95. The van der Waals surface area contributed by atoms with Gasteiger partial charge in [-0.1, -0.05) is 28.2 Å². The van der Waals surface area contributed by atoms with Gasteiger partial charge in [-0.15, -0.1) is 0 Å². The fourth-order valence-corrected chi connectivity index (χ4v) is 7.47. The van der Waals surface area contributed by atoms with Gasteiger partial charge in [0, 0.05) is 44.6 Å². The van der Waals surface area contributed by atoms with Crippen molar-refractivity contribution in [1.29, 1.82) is 0 Å². The summed E-state index contributed by atoms with van der Waals surface area (Å²) < 4.78 is 24.9. The minimum absolute atomic E-state index is 0. The molecule has 0 radical (unpaired) electrons. The van der Waals surface area contributed by atoms with Crippen LogP contribution in [0.5, 0.6) is 0 Å². The predicted octanol–water partition coefficient (Wildman–Crippen LogP) is 2.02. The maximum atomic E-state index is 14.2. The molecule has 46 heavy (non-hydrogen) atoms. The van der Waals surface area contributed by atoms with Crippen LogP contribution in [0.2, 0.25) is 0 Å². The molecular formula is C34H64N4O8. The lowest BCUT2D eigenvalue weighted by Gasteiger charge is -2.48. The Bertz CT molecular complexity index is 1020. The first-order valence-electron chi connectivity index (χ1n) is 16.6. The number of carbonyl (C=O) groups is 3. The lowest BCUT2D eigenvalue weighted by Crippen LogP contribution is -2.61. The summed E-state index contributed by atoms with van der Waals surface area (Å²) >= 11 is 0. The van der Waals surface area contributed by atoms with E-state index in [1.54, 1.807) is 34.9 Å². The van der Waals surface area contributed by atoms with E-state index in [0.717, 1.165) is 6.54 Å². The highest BCUT2D eigenvalue weighted by Gasteiger charge is 2.52. The van der Waals surface area contributed by atoms with Crippen molar-refractivity contribution < 1.29 is 38.4 Å². The van der Waals surface area contributed by atoms with Gasteiger partial charge in [0.15, 0.2) is 12.1 Å². The molecule has 1 amide bonds. The molecule has 12 nitrogen and oxygen atoms in total. The van der Waals surface area contributed by atoms with E-state index >= 15 is 0 Å². The number of rotatable bonds is 8. The summed E-state index contributed by atoms with van der Waals surface area (Å²) in [6.45, 7) is 16.1. The van der Waals surface area contributed by atoms with E-state index in [4.69, 9.17) is 18.9 Å². The van der Waals surface area contributed by atoms with Crippen molar-refractivity contribution in [3.63, 3.8) is 0 Å². The molecule has 0 aromatic heterocycles. The van der Waals surface area contributed by atoms with Crippen molar-refractivity contribution in [3.05, 3.63) is 0 Å². The molecular weight excluding hydrogens is 592 g/mol. The van der Waals surface area contributed by atoms with Crippen molar-refractivity contribution in [2.45, 2.75) is 111 Å². The highest BCUT2D eigenvalue weighted by Crippen LogP contribution is 2.38. The first kappa shape index (κ1) is 40.5. The molecule has 0 aromatic rings. The average molecular weight is 657 g/mol. The molecule has 3 rings (SSSR count). The minimum atomic E-state index is -1.46. The van der Waals surface area contributed by atoms with Gasteiger partial charge in [-0.05, 0) is 74.1 Å². The Hall–Kier alpha value is -1.67. The Morgan fingerprint density at radius 2 is 1.76 bits per heavy atom. The molecule has 3 saturated heterocycles. The van der Waals surface area contributed by atoms with Crippen molar-refractivity contribution in [3.8, 4) is 0 Å². The number of hydrogen-bond donors (Lipinski definition) is 2. The van der Waals surface area contributed by atoms with Gasteiger partial charge >= 0.3 is 5.97 Å². The van der Waals surface area contributed by atoms with Crippen LogP contribution in [0.4, 0.5) is 0 Å². The molecule has 0 aliphatic carbocycles. The maximum Gasteiger partial charge on any atom is 0.319 e. The molecule has 3 aliphatic heterocycles. The SMILES string of the molecule is C.CCN1C[C@H](C)C[C@@](C)(OC)[C@H](O[C@@H]2O[C@H](C)C[C@H](N(C)C)[C@H]2O)[C@@H](C)C(=O)C(C)(C)C(=O)OC[C@H]1C1CN(C(=O)CNC)C1. The highest BCUT2D eigenvalue weighted by molar-refractivity contribution is 6.04. The summed E-state index contributed by atoms with van der Waals surface area (Å²) in [5.41, 5.74) is -2.42. The number of likely N-dealkylation sites (tertiary alicyclic amines) is 1. The van der Waals surface area contributed by atoms with Crippen LogP contribution in [-0.4, -0.2) is 147 Å². The number of esters is 1. The number of nitrogens with zero attached hydrogens (tertiary/aromatic N) is 3. The summed E-state index contributed by atoms with van der Waals surface area (Å²) in [5, 5.41) is 14.2. The van der Waals surface area contributed by atoms with Gasteiger partial charge in [-0.2, -0.15) is 0 Å². The van der Waals surface area contributed by atoms with Gasteiger partial charge in [0.2, 0.25) is 5.91 Å². The van der Waals surface area contributed by atoms with Crippen LogP contribution in [-0.2, 0) is 33.3 Å². The second-order valence-electron chi connectivity index (χ2n) is 14.6. The number of likely N-dealkylation sites (N-methyl/N-ethyl adjacent to an activating group) is 3. The Balaban J connectivity index is 0.00000736. The number of aliphatic hydroxyl groups is 1. The molecule has 3 aliphatic rings. The first-order valence-corrected chi connectivity index (χ1v) is 16.6. The maximum absolute atomic E-state index is 14.2. The number of hydrogen-bond acceptors (Lipinski definition) is 11. The van der Waals surface area contributed by atoms with Crippen LogP contribution in [0.25, 0.3) is 0 Å². The highest BCUT2D eigenvalue weighted by atomic mass is 16.7. The smallest absolute Gasteiger partial charge is 0.319 e. The van der Waals surface area contributed by atoms with Crippen LogP contribution in [0.3, 0.4) is 0 Å². The summed E-state index contributed by atoms with van der Waals surface area (Å²) in [6, 6.07) is -0.301. The van der Waals surface area contributed by atoms with E-state index in [0.29, 0.717) is 32.5 Å². The molecule has 3 fully saturated rings. The van der Waals surface area contributed by atoms with Gasteiger partial charge in [-0.25, -0.2) is 0 Å². The Labute approximate surface area is 277 Å². The third-order valence-corrected chi connectivity index (χ3v) is 10.3. The van der Waals surface area contributed by atoms with Crippen molar-refractivity contribution >= 4 is 17.7 Å². The van der Waals surface area contributed by atoms with Crippen LogP contribution >= 0.6 is 0 Å². The van der Waals surface area contributed by atoms with Gasteiger partial charge in [0.1, 0.15) is 18.1 Å². The molecule has 2 N–H and O–H groups in total. The van der Waals surface area contributed by atoms with E-state index in [-0.39, 0.29) is 62.3 Å². The molecule has 0 aromatic carbocycles. The van der Waals surface area contributed by atoms with Gasteiger partial charge in [0.05, 0.1) is 30.4 Å². The Morgan fingerprint density at radius 3 is 2.30 bits per heavy atom. The third-order valence-electron chi connectivity index (χ3n) is 10.3. The van der Waals surface area contributed by atoms with E-state index in [1.807, 2.05) is 37.7 Å². The number of cyclic esters (lactones) is 1. The van der Waals surface area contributed by atoms with Crippen LogP contribution in [0.15, 0.2) is 0 Å². The fraction of sp³-hybridized carbons (Fsp3) is 0.912. The standard InChI is InChI=1S/C33H60N4O8.CH4/c1-12-36-16-20(2)14-33(7,42-11)29(45-30-27(39)24(35(9)10)13-21(3)44-30)22(4)28(40)32(5,6)31(41)43-19-25(36)23-17-37(18-23)26(38)15-34-8;/h20-25,27,29-30,34,39H,12-19H2,1-11H3;1H4/t20-,21-,22+,24+,25+,27-,29-,30+,33-;/m1./s1. The normalized spacial score (nSPS) is 36.9. The number of Topliss-reactive ketones (excluding diaryl/α,β-unsaturated/α-hetero) is 1. The monoisotopic (exact) mass is 656 g/mol. The number of ketones is 1. The molecule has 0 saturated carbocycles. The molecule has 0 spiro atoms. The minimum Gasteiger partial charge on any atom is -0.463 e. The second kappa shape index (κ2) is 16.6. The summed E-state index contributed by atoms with van der Waals surface area (Å²) in [6.07, 6.45) is -1.74. The molecule has 9 atom stereocenters. The Kier molecular flexibility index (Phi) is 14.6. The number of nitrogens with one attached hydrogen (secondary N) is 1. The van der Waals surface area contributed by atoms with E-state index in [9.17, 15) is 19.5 Å². The predicted molar refractivity (Wildman–Crippen MR) is 177 cm³/mol. The molecule has 3 heterocycles. The molecule has 12 heteroatoms. The molecule has 268 valence electrons.